The molecule has 7 heteroatoms. The maximum Gasteiger partial charge on any atom is 0.254 e. The number of amides is 1. The highest BCUT2D eigenvalue weighted by molar-refractivity contribution is 5.79. The minimum Gasteiger partial charge on any atom is -0.336 e. The molecule has 0 atom stereocenters. The first-order valence-electron chi connectivity index (χ1n) is 9.70. The maximum absolute atomic E-state index is 13.0. The molecule has 2 aliphatic heterocycles. The molecular formula is C20H25N5O2. The van der Waals surface area contributed by atoms with Crippen LogP contribution >= 0.6 is 0 Å². The van der Waals surface area contributed by atoms with Crippen LogP contribution in [0.1, 0.15) is 31.0 Å². The summed E-state index contributed by atoms with van der Waals surface area (Å²) >= 11 is 0. The molecule has 0 bridgehead atoms. The zero-order chi connectivity index (χ0) is 18.8. The molecule has 1 fully saturated rings. The number of nitrogens with zero attached hydrogens (tertiary/aromatic N) is 4. The molecule has 4 rings (SSSR count). The fourth-order valence-corrected chi connectivity index (χ4v) is 4.01. The van der Waals surface area contributed by atoms with Crippen LogP contribution in [0.4, 0.5) is 0 Å². The zero-order valence-electron chi connectivity index (χ0n) is 15.6. The Kier molecular flexibility index (Phi) is 5.03. The molecular weight excluding hydrogens is 342 g/mol. The van der Waals surface area contributed by atoms with Crippen LogP contribution in [-0.4, -0.2) is 56.8 Å². The maximum atomic E-state index is 13.0. The minimum atomic E-state index is -0.121. The van der Waals surface area contributed by atoms with E-state index >= 15 is 0 Å². The SMILES string of the molecule is CCN1CCC(C(=O)N2CCc3c(nc(-c4ccccn4)[nH]c3=O)C2)CC1. The van der Waals surface area contributed by atoms with Gasteiger partial charge < -0.3 is 14.8 Å². The van der Waals surface area contributed by atoms with Gasteiger partial charge in [0.1, 0.15) is 5.69 Å². The van der Waals surface area contributed by atoms with Gasteiger partial charge in [-0.1, -0.05) is 13.0 Å². The average molecular weight is 367 g/mol. The van der Waals surface area contributed by atoms with Gasteiger partial charge in [-0.05, 0) is 51.0 Å². The third kappa shape index (κ3) is 3.64. The normalized spacial score (nSPS) is 18.3. The summed E-state index contributed by atoms with van der Waals surface area (Å²) in [6.07, 6.45) is 4.06. The summed E-state index contributed by atoms with van der Waals surface area (Å²) < 4.78 is 0. The van der Waals surface area contributed by atoms with Crippen molar-refractivity contribution in [1.29, 1.82) is 0 Å². The number of aromatic amines is 1. The van der Waals surface area contributed by atoms with Crippen molar-refractivity contribution >= 4 is 5.91 Å². The van der Waals surface area contributed by atoms with Crippen LogP contribution in [0.25, 0.3) is 11.5 Å². The van der Waals surface area contributed by atoms with E-state index in [-0.39, 0.29) is 17.4 Å². The molecule has 2 aromatic rings. The van der Waals surface area contributed by atoms with Gasteiger partial charge in [-0.15, -0.1) is 0 Å². The number of pyridine rings is 1. The lowest BCUT2D eigenvalue weighted by Crippen LogP contribution is -2.45. The molecule has 0 saturated carbocycles. The fourth-order valence-electron chi connectivity index (χ4n) is 4.01. The molecule has 0 radical (unpaired) electrons. The van der Waals surface area contributed by atoms with Gasteiger partial charge in [0.05, 0.1) is 12.2 Å². The number of H-pyrrole nitrogens is 1. The van der Waals surface area contributed by atoms with Gasteiger partial charge >= 0.3 is 0 Å². The van der Waals surface area contributed by atoms with Crippen molar-refractivity contribution < 1.29 is 4.79 Å². The zero-order valence-corrected chi connectivity index (χ0v) is 15.6. The van der Waals surface area contributed by atoms with Crippen LogP contribution in [0, 0.1) is 5.92 Å². The first-order valence-corrected chi connectivity index (χ1v) is 9.70. The standard InChI is InChI=1S/C20H25N5O2/c1-2-24-10-6-14(7-11-24)20(27)25-12-8-15-17(13-25)22-18(23-19(15)26)16-5-3-4-9-21-16/h3-5,9,14H,2,6-8,10-13H2,1H3,(H,22,23,26). The van der Waals surface area contributed by atoms with E-state index in [2.05, 4.69) is 26.8 Å². The average Bonchev–Trinajstić information content (AvgIpc) is 2.73. The second-order valence-corrected chi connectivity index (χ2v) is 7.27. The van der Waals surface area contributed by atoms with Crippen LogP contribution in [0.3, 0.4) is 0 Å². The lowest BCUT2D eigenvalue weighted by molar-refractivity contribution is -0.138. The molecule has 2 aromatic heterocycles. The molecule has 2 aliphatic rings. The van der Waals surface area contributed by atoms with Gasteiger partial charge in [0, 0.05) is 24.2 Å². The number of likely N-dealkylation sites (tertiary alicyclic amines) is 1. The Labute approximate surface area is 158 Å². The Hall–Kier alpha value is -2.54. The molecule has 7 nitrogen and oxygen atoms in total. The van der Waals surface area contributed by atoms with E-state index < -0.39 is 0 Å². The molecule has 0 unspecified atom stereocenters. The van der Waals surface area contributed by atoms with E-state index in [1.807, 2.05) is 23.1 Å². The Morgan fingerprint density at radius 2 is 2.07 bits per heavy atom. The molecule has 0 aliphatic carbocycles. The second-order valence-electron chi connectivity index (χ2n) is 7.27. The third-order valence-electron chi connectivity index (χ3n) is 5.68. The van der Waals surface area contributed by atoms with Crippen molar-refractivity contribution in [2.45, 2.75) is 32.7 Å². The second kappa shape index (κ2) is 7.60. The van der Waals surface area contributed by atoms with Crippen molar-refractivity contribution in [3.63, 3.8) is 0 Å². The van der Waals surface area contributed by atoms with E-state index in [0.717, 1.165) is 32.5 Å². The van der Waals surface area contributed by atoms with Gasteiger partial charge in [-0.25, -0.2) is 4.98 Å². The van der Waals surface area contributed by atoms with E-state index in [9.17, 15) is 9.59 Å². The lowest BCUT2D eigenvalue weighted by Gasteiger charge is -2.35. The number of carbonyl (C=O) groups excluding carboxylic acids is 1. The van der Waals surface area contributed by atoms with Gasteiger partial charge in [0.2, 0.25) is 5.91 Å². The molecule has 142 valence electrons. The summed E-state index contributed by atoms with van der Waals surface area (Å²) in [5.74, 6) is 0.759. The minimum absolute atomic E-state index is 0.0895. The number of fused-ring (bicyclic) bond motifs is 1. The topological polar surface area (TPSA) is 82.2 Å². The van der Waals surface area contributed by atoms with Crippen LogP contribution < -0.4 is 5.56 Å². The Balaban J connectivity index is 1.53. The Morgan fingerprint density at radius 3 is 2.78 bits per heavy atom. The number of hydrogen-bond acceptors (Lipinski definition) is 5. The third-order valence-corrected chi connectivity index (χ3v) is 5.68. The van der Waals surface area contributed by atoms with Gasteiger partial charge in [0.15, 0.2) is 5.82 Å². The summed E-state index contributed by atoms with van der Waals surface area (Å²) in [6, 6.07) is 5.50. The lowest BCUT2D eigenvalue weighted by atomic mass is 9.94. The number of rotatable bonds is 3. The molecule has 1 amide bonds. The molecule has 27 heavy (non-hydrogen) atoms. The van der Waals surface area contributed by atoms with Crippen molar-refractivity contribution in [2.24, 2.45) is 5.92 Å². The van der Waals surface area contributed by atoms with Crippen LogP contribution in [0.2, 0.25) is 0 Å². The number of piperidine rings is 1. The number of hydrogen-bond donors (Lipinski definition) is 1. The quantitative estimate of drug-likeness (QED) is 0.888. The van der Waals surface area contributed by atoms with Crippen LogP contribution in [-0.2, 0) is 17.8 Å². The predicted molar refractivity (Wildman–Crippen MR) is 102 cm³/mol. The summed E-state index contributed by atoms with van der Waals surface area (Å²) in [6.45, 7) is 6.17. The van der Waals surface area contributed by atoms with E-state index in [1.54, 1.807) is 6.20 Å². The molecule has 1 saturated heterocycles. The first kappa shape index (κ1) is 17.9. The highest BCUT2D eigenvalue weighted by Gasteiger charge is 2.31. The highest BCUT2D eigenvalue weighted by Crippen LogP contribution is 2.23. The van der Waals surface area contributed by atoms with E-state index in [0.29, 0.717) is 42.3 Å². The van der Waals surface area contributed by atoms with Crippen LogP contribution in [0.5, 0.6) is 0 Å². The first-order chi connectivity index (χ1) is 13.2. The largest absolute Gasteiger partial charge is 0.336 e. The van der Waals surface area contributed by atoms with E-state index in [4.69, 9.17) is 0 Å². The smallest absolute Gasteiger partial charge is 0.254 e. The molecule has 0 spiro atoms. The molecule has 1 N–H and O–H groups in total. The van der Waals surface area contributed by atoms with Crippen molar-refractivity contribution in [1.82, 2.24) is 24.8 Å². The summed E-state index contributed by atoms with van der Waals surface area (Å²) in [5.41, 5.74) is 1.90. The van der Waals surface area contributed by atoms with Crippen molar-refractivity contribution in [2.75, 3.05) is 26.2 Å². The predicted octanol–water partition coefficient (Wildman–Crippen LogP) is 1.45. The molecule has 0 aromatic carbocycles. The number of carbonyl (C=O) groups is 1. The number of nitrogens with one attached hydrogen (secondary N) is 1. The molecule has 4 heterocycles. The highest BCUT2D eigenvalue weighted by atomic mass is 16.2. The summed E-state index contributed by atoms with van der Waals surface area (Å²) in [7, 11) is 0. The van der Waals surface area contributed by atoms with E-state index in [1.165, 1.54) is 0 Å². The van der Waals surface area contributed by atoms with Crippen LogP contribution in [0.15, 0.2) is 29.2 Å². The summed E-state index contributed by atoms with van der Waals surface area (Å²) in [4.78, 5) is 41.4. The van der Waals surface area contributed by atoms with Crippen molar-refractivity contribution in [3.8, 4) is 11.5 Å². The number of aromatic nitrogens is 3. The van der Waals surface area contributed by atoms with Gasteiger partial charge in [-0.2, -0.15) is 0 Å². The van der Waals surface area contributed by atoms with Crippen molar-refractivity contribution in [3.05, 3.63) is 46.0 Å². The summed E-state index contributed by atoms with van der Waals surface area (Å²) in [5, 5.41) is 0. The van der Waals surface area contributed by atoms with Gasteiger partial charge in [-0.3, -0.25) is 14.6 Å². The Bertz CT molecular complexity index is 872. The fraction of sp³-hybridized carbons (Fsp3) is 0.500. The monoisotopic (exact) mass is 367 g/mol. The van der Waals surface area contributed by atoms with Gasteiger partial charge in [0.25, 0.3) is 5.56 Å². The Morgan fingerprint density at radius 1 is 1.26 bits per heavy atom.